The molecule has 9 heteroatoms. The lowest BCUT2D eigenvalue weighted by atomic mass is 10.1. The number of benzene rings is 2. The SMILES string of the molecule is O=C(Nc1nc2ccc(Sc3nnc4ccc(-c5cccc(F)c5)cn34)cc2s1)C1CC1. The first-order valence-electron chi connectivity index (χ1n) is 10.1. The molecule has 3 heterocycles. The number of amides is 1. The highest BCUT2D eigenvalue weighted by Gasteiger charge is 2.30. The quantitative estimate of drug-likeness (QED) is 0.366. The number of pyridine rings is 1. The smallest absolute Gasteiger partial charge is 0.229 e. The van der Waals surface area contributed by atoms with Crippen LogP contribution < -0.4 is 5.32 Å². The first kappa shape index (κ1) is 19.4. The number of carbonyl (C=O) groups is 1. The number of thiazole rings is 1. The highest BCUT2D eigenvalue weighted by molar-refractivity contribution is 7.99. The Kier molecular flexibility index (Phi) is 4.65. The first-order chi connectivity index (χ1) is 15.6. The zero-order valence-corrected chi connectivity index (χ0v) is 18.3. The molecule has 2 aromatic carbocycles. The van der Waals surface area contributed by atoms with E-state index in [9.17, 15) is 9.18 Å². The van der Waals surface area contributed by atoms with E-state index in [1.165, 1.54) is 35.2 Å². The summed E-state index contributed by atoms with van der Waals surface area (Å²) in [5.41, 5.74) is 3.25. The molecule has 5 aromatic rings. The van der Waals surface area contributed by atoms with E-state index in [2.05, 4.69) is 20.5 Å². The van der Waals surface area contributed by atoms with E-state index < -0.39 is 0 Å². The lowest BCUT2D eigenvalue weighted by Gasteiger charge is -2.05. The fraction of sp³-hybridized carbons (Fsp3) is 0.130. The van der Waals surface area contributed by atoms with Crippen molar-refractivity contribution in [2.75, 3.05) is 5.32 Å². The van der Waals surface area contributed by atoms with Gasteiger partial charge in [-0.05, 0) is 78.2 Å². The minimum atomic E-state index is -0.272. The summed E-state index contributed by atoms with van der Waals surface area (Å²) < 4.78 is 16.6. The molecule has 32 heavy (non-hydrogen) atoms. The van der Waals surface area contributed by atoms with Crippen molar-refractivity contribution in [1.82, 2.24) is 19.6 Å². The van der Waals surface area contributed by atoms with Gasteiger partial charge in [-0.3, -0.25) is 9.20 Å². The largest absolute Gasteiger partial charge is 0.302 e. The van der Waals surface area contributed by atoms with E-state index in [-0.39, 0.29) is 17.6 Å². The van der Waals surface area contributed by atoms with E-state index in [1.54, 1.807) is 6.07 Å². The van der Waals surface area contributed by atoms with Gasteiger partial charge in [0.25, 0.3) is 0 Å². The summed E-state index contributed by atoms with van der Waals surface area (Å²) in [7, 11) is 0. The number of hydrogen-bond donors (Lipinski definition) is 1. The van der Waals surface area contributed by atoms with Crippen LogP contribution in [0.3, 0.4) is 0 Å². The number of carbonyl (C=O) groups excluding carboxylic acids is 1. The predicted octanol–water partition coefficient (Wildman–Crippen LogP) is 5.64. The first-order valence-corrected chi connectivity index (χ1v) is 11.8. The summed E-state index contributed by atoms with van der Waals surface area (Å²) in [6, 6.07) is 16.3. The Morgan fingerprint density at radius 3 is 2.84 bits per heavy atom. The Bertz CT molecular complexity index is 1490. The molecule has 158 valence electrons. The third-order valence-corrected chi connectivity index (χ3v) is 7.16. The maximum atomic E-state index is 13.7. The van der Waals surface area contributed by atoms with Gasteiger partial charge < -0.3 is 5.32 Å². The maximum Gasteiger partial charge on any atom is 0.229 e. The number of anilines is 1. The minimum Gasteiger partial charge on any atom is -0.302 e. The second-order valence-electron chi connectivity index (χ2n) is 7.65. The van der Waals surface area contributed by atoms with Gasteiger partial charge in [0.1, 0.15) is 5.82 Å². The molecule has 1 aliphatic rings. The molecule has 6 rings (SSSR count). The monoisotopic (exact) mass is 461 g/mol. The van der Waals surface area contributed by atoms with Crippen LogP contribution in [0.1, 0.15) is 12.8 Å². The molecule has 0 atom stereocenters. The number of nitrogens with one attached hydrogen (secondary N) is 1. The van der Waals surface area contributed by atoms with Crippen molar-refractivity contribution in [2.45, 2.75) is 22.9 Å². The van der Waals surface area contributed by atoms with Gasteiger partial charge >= 0.3 is 0 Å². The van der Waals surface area contributed by atoms with Gasteiger partial charge in [-0.1, -0.05) is 23.5 Å². The molecule has 1 fully saturated rings. The van der Waals surface area contributed by atoms with Gasteiger partial charge in [-0.25, -0.2) is 9.37 Å². The normalized spacial score (nSPS) is 13.7. The Morgan fingerprint density at radius 2 is 2.00 bits per heavy atom. The van der Waals surface area contributed by atoms with Crippen LogP contribution in [0.2, 0.25) is 0 Å². The van der Waals surface area contributed by atoms with Gasteiger partial charge in [0.15, 0.2) is 15.9 Å². The summed E-state index contributed by atoms with van der Waals surface area (Å²) >= 11 is 2.96. The molecule has 0 spiro atoms. The maximum absolute atomic E-state index is 13.7. The van der Waals surface area contributed by atoms with Crippen LogP contribution in [0.5, 0.6) is 0 Å². The second-order valence-corrected chi connectivity index (χ2v) is 9.72. The summed E-state index contributed by atoms with van der Waals surface area (Å²) in [5, 5.41) is 12.8. The third kappa shape index (κ3) is 3.74. The average Bonchev–Trinajstić information content (AvgIpc) is 3.47. The summed E-state index contributed by atoms with van der Waals surface area (Å²) in [6.07, 6.45) is 3.85. The molecule has 0 aliphatic heterocycles. The Labute approximate surface area is 190 Å². The van der Waals surface area contributed by atoms with Gasteiger partial charge in [0.05, 0.1) is 10.2 Å². The van der Waals surface area contributed by atoms with Gasteiger partial charge in [-0.15, -0.1) is 10.2 Å². The van der Waals surface area contributed by atoms with Crippen LogP contribution in [-0.4, -0.2) is 25.5 Å². The molecular formula is C23H16FN5OS2. The molecule has 1 amide bonds. The van der Waals surface area contributed by atoms with E-state index in [4.69, 9.17) is 0 Å². The highest BCUT2D eigenvalue weighted by atomic mass is 32.2. The second kappa shape index (κ2) is 7.68. The zero-order valence-electron chi connectivity index (χ0n) is 16.7. The van der Waals surface area contributed by atoms with Crippen molar-refractivity contribution in [1.29, 1.82) is 0 Å². The third-order valence-electron chi connectivity index (χ3n) is 5.28. The van der Waals surface area contributed by atoms with Crippen LogP contribution >= 0.6 is 23.1 Å². The van der Waals surface area contributed by atoms with Crippen molar-refractivity contribution >= 4 is 50.0 Å². The van der Waals surface area contributed by atoms with E-state index in [0.29, 0.717) is 10.3 Å². The molecule has 1 aliphatic carbocycles. The minimum absolute atomic E-state index is 0.0580. The topological polar surface area (TPSA) is 72.2 Å². The van der Waals surface area contributed by atoms with Crippen LogP contribution in [0, 0.1) is 11.7 Å². The molecule has 0 unspecified atom stereocenters. The van der Waals surface area contributed by atoms with Crippen LogP contribution in [0.4, 0.5) is 9.52 Å². The zero-order chi connectivity index (χ0) is 21.7. The van der Waals surface area contributed by atoms with Crippen molar-refractivity contribution < 1.29 is 9.18 Å². The number of hydrogen-bond acceptors (Lipinski definition) is 6. The highest BCUT2D eigenvalue weighted by Crippen LogP contribution is 2.35. The van der Waals surface area contributed by atoms with Crippen LogP contribution in [0.25, 0.3) is 27.0 Å². The molecular weight excluding hydrogens is 445 g/mol. The number of fused-ring (bicyclic) bond motifs is 2. The summed E-state index contributed by atoms with van der Waals surface area (Å²) in [5.74, 6) is -0.0687. The van der Waals surface area contributed by atoms with Crippen molar-refractivity contribution in [3.8, 4) is 11.1 Å². The number of nitrogens with zero attached hydrogens (tertiary/aromatic N) is 4. The fourth-order valence-electron chi connectivity index (χ4n) is 3.46. The Morgan fingerprint density at radius 1 is 1.09 bits per heavy atom. The van der Waals surface area contributed by atoms with E-state index >= 15 is 0 Å². The summed E-state index contributed by atoms with van der Waals surface area (Å²) in [4.78, 5) is 17.5. The molecule has 1 N–H and O–H groups in total. The lowest BCUT2D eigenvalue weighted by Crippen LogP contribution is -2.12. The molecule has 0 radical (unpaired) electrons. The van der Waals surface area contributed by atoms with Gasteiger partial charge in [-0.2, -0.15) is 0 Å². The number of aromatic nitrogens is 4. The van der Waals surface area contributed by atoms with E-state index in [1.807, 2.05) is 47.0 Å². The summed E-state index contributed by atoms with van der Waals surface area (Å²) in [6.45, 7) is 0. The van der Waals surface area contributed by atoms with Gasteiger partial charge in [0, 0.05) is 17.0 Å². The Balaban J connectivity index is 1.29. The molecule has 3 aromatic heterocycles. The molecule has 0 bridgehead atoms. The van der Waals surface area contributed by atoms with Crippen LogP contribution in [-0.2, 0) is 4.79 Å². The molecule has 0 saturated heterocycles. The van der Waals surface area contributed by atoms with Crippen molar-refractivity contribution in [3.63, 3.8) is 0 Å². The Hall–Kier alpha value is -3.30. The predicted molar refractivity (Wildman–Crippen MR) is 123 cm³/mol. The fourth-order valence-corrected chi connectivity index (χ4v) is 5.29. The lowest BCUT2D eigenvalue weighted by molar-refractivity contribution is -0.117. The standard InChI is InChI=1S/C23H16FN5OS2/c24-16-3-1-2-14(10-16)15-6-9-20-27-28-23(29(20)12-15)31-17-7-8-18-19(11-17)32-22(25-18)26-21(30)13-4-5-13/h1-3,6-13H,4-5H2,(H,25,26,30). The van der Waals surface area contributed by atoms with E-state index in [0.717, 1.165) is 44.7 Å². The molecule has 1 saturated carbocycles. The number of rotatable bonds is 5. The average molecular weight is 462 g/mol. The van der Waals surface area contributed by atoms with Crippen LogP contribution in [0.15, 0.2) is 70.8 Å². The number of halogens is 1. The van der Waals surface area contributed by atoms with Crippen molar-refractivity contribution in [3.05, 3.63) is 66.6 Å². The van der Waals surface area contributed by atoms with Gasteiger partial charge in [0.2, 0.25) is 5.91 Å². The van der Waals surface area contributed by atoms with Crippen molar-refractivity contribution in [2.24, 2.45) is 5.92 Å². The molecule has 6 nitrogen and oxygen atoms in total.